The number of nitriles is 1. The molecule has 0 aliphatic carbocycles. The number of benzene rings is 3. The van der Waals surface area contributed by atoms with Crippen molar-refractivity contribution >= 4 is 38.4 Å². The summed E-state index contributed by atoms with van der Waals surface area (Å²) in [6.07, 6.45) is 1.55. The van der Waals surface area contributed by atoms with Crippen LogP contribution in [-0.4, -0.2) is 30.1 Å². The molecule has 168 valence electrons. The normalized spacial score (nSPS) is 13.2. The Labute approximate surface area is 195 Å². The number of imide groups is 1. The van der Waals surface area contributed by atoms with E-state index in [9.17, 15) is 23.3 Å². The summed E-state index contributed by atoms with van der Waals surface area (Å²) in [5.74, 6) is -0.741. The van der Waals surface area contributed by atoms with Crippen molar-refractivity contribution in [2.45, 2.75) is 18.4 Å². The molecule has 4 aromatic rings. The van der Waals surface area contributed by atoms with Crippen molar-refractivity contribution in [1.82, 2.24) is 9.88 Å². The van der Waals surface area contributed by atoms with Gasteiger partial charge in [0.15, 0.2) is 0 Å². The van der Waals surface area contributed by atoms with E-state index in [1.165, 1.54) is 12.1 Å². The van der Waals surface area contributed by atoms with Gasteiger partial charge in [0.1, 0.15) is 6.07 Å². The molecule has 0 radical (unpaired) electrons. The number of aryl methyl sites for hydroxylation is 1. The van der Waals surface area contributed by atoms with Crippen LogP contribution in [0.2, 0.25) is 0 Å². The standard InChI is InChI=1S/C25H18N4O4S/c1-15-6-11-21(23-22(15)17(12-26)13-27-23)28-34(32,33)18-9-7-16(8-10-18)14-29-24(30)19-4-2-3-5-20(19)25(29)31/h2-11,13,27-28H,14H2,1H3. The van der Waals surface area contributed by atoms with Crippen LogP contribution in [0.25, 0.3) is 10.9 Å². The molecule has 5 rings (SSSR count). The fraction of sp³-hybridized carbons (Fsp3) is 0.0800. The van der Waals surface area contributed by atoms with Crippen molar-refractivity contribution in [2.24, 2.45) is 0 Å². The Morgan fingerprint density at radius 1 is 0.971 bits per heavy atom. The van der Waals surface area contributed by atoms with Crippen molar-refractivity contribution in [2.75, 3.05) is 4.72 Å². The summed E-state index contributed by atoms with van der Waals surface area (Å²) in [6.45, 7) is 1.89. The first-order valence-corrected chi connectivity index (χ1v) is 11.9. The zero-order chi connectivity index (χ0) is 24.0. The molecule has 0 fully saturated rings. The van der Waals surface area contributed by atoms with Crippen LogP contribution < -0.4 is 4.72 Å². The number of carbonyl (C=O) groups is 2. The number of amides is 2. The van der Waals surface area contributed by atoms with Crippen LogP contribution in [0, 0.1) is 18.3 Å². The van der Waals surface area contributed by atoms with Gasteiger partial charge in [-0.15, -0.1) is 0 Å². The highest BCUT2D eigenvalue weighted by Crippen LogP contribution is 2.30. The summed E-state index contributed by atoms with van der Waals surface area (Å²) in [6, 6.07) is 18.1. The third-order valence-corrected chi connectivity index (χ3v) is 7.24. The molecule has 0 unspecified atom stereocenters. The molecule has 0 spiro atoms. The quantitative estimate of drug-likeness (QED) is 0.428. The Balaban J connectivity index is 1.38. The van der Waals surface area contributed by atoms with Gasteiger partial charge in [-0.1, -0.05) is 30.3 Å². The minimum Gasteiger partial charge on any atom is -0.358 e. The predicted octanol–water partition coefficient (Wildman–Crippen LogP) is 3.95. The van der Waals surface area contributed by atoms with Crippen molar-refractivity contribution in [3.8, 4) is 6.07 Å². The third kappa shape index (κ3) is 3.41. The average molecular weight is 471 g/mol. The number of rotatable bonds is 5. The average Bonchev–Trinajstić information content (AvgIpc) is 3.38. The van der Waals surface area contributed by atoms with Crippen LogP contribution in [0.15, 0.2) is 71.8 Å². The van der Waals surface area contributed by atoms with Crippen molar-refractivity contribution in [3.05, 3.63) is 94.7 Å². The Bertz CT molecular complexity index is 1590. The van der Waals surface area contributed by atoms with Gasteiger partial charge >= 0.3 is 0 Å². The highest BCUT2D eigenvalue weighted by Gasteiger charge is 2.35. The number of aromatic nitrogens is 1. The van der Waals surface area contributed by atoms with Crippen LogP contribution in [0.4, 0.5) is 5.69 Å². The number of sulfonamides is 1. The second-order valence-electron chi connectivity index (χ2n) is 7.99. The van der Waals surface area contributed by atoms with E-state index in [1.54, 1.807) is 54.7 Å². The van der Waals surface area contributed by atoms with Crippen LogP contribution in [0.5, 0.6) is 0 Å². The largest absolute Gasteiger partial charge is 0.358 e. The van der Waals surface area contributed by atoms with E-state index in [-0.39, 0.29) is 23.3 Å². The molecule has 1 aromatic heterocycles. The lowest BCUT2D eigenvalue weighted by molar-refractivity contribution is 0.0642. The van der Waals surface area contributed by atoms with E-state index in [4.69, 9.17) is 0 Å². The molecule has 0 saturated carbocycles. The van der Waals surface area contributed by atoms with Gasteiger partial charge in [-0.3, -0.25) is 19.2 Å². The van der Waals surface area contributed by atoms with E-state index in [0.29, 0.717) is 38.8 Å². The molecule has 0 saturated heterocycles. The lowest BCUT2D eigenvalue weighted by atomic mass is 10.1. The monoisotopic (exact) mass is 470 g/mol. The van der Waals surface area contributed by atoms with E-state index >= 15 is 0 Å². The molecule has 2 N–H and O–H groups in total. The Morgan fingerprint density at radius 2 is 1.62 bits per heavy atom. The maximum absolute atomic E-state index is 13.0. The van der Waals surface area contributed by atoms with Crippen LogP contribution in [-0.2, 0) is 16.6 Å². The fourth-order valence-electron chi connectivity index (χ4n) is 4.14. The summed E-state index contributed by atoms with van der Waals surface area (Å²) in [5, 5.41) is 9.97. The number of carbonyl (C=O) groups excluding carboxylic acids is 2. The Hall–Kier alpha value is -4.42. The van der Waals surface area contributed by atoms with Gasteiger partial charge < -0.3 is 4.98 Å². The molecule has 8 nitrogen and oxygen atoms in total. The molecule has 2 heterocycles. The molecule has 34 heavy (non-hydrogen) atoms. The molecule has 2 amide bonds. The first-order chi connectivity index (χ1) is 16.3. The number of nitrogens with zero attached hydrogens (tertiary/aromatic N) is 2. The van der Waals surface area contributed by atoms with Crippen molar-refractivity contribution in [1.29, 1.82) is 5.26 Å². The van der Waals surface area contributed by atoms with Crippen LogP contribution in [0.3, 0.4) is 0 Å². The minimum absolute atomic E-state index is 0.0272. The first-order valence-electron chi connectivity index (χ1n) is 10.4. The van der Waals surface area contributed by atoms with Gasteiger partial charge in [0.05, 0.1) is 39.3 Å². The number of nitrogens with one attached hydrogen (secondary N) is 2. The number of hydrogen-bond donors (Lipinski definition) is 2. The van der Waals surface area contributed by atoms with E-state index < -0.39 is 10.0 Å². The summed E-state index contributed by atoms with van der Waals surface area (Å²) in [7, 11) is -3.92. The first kappa shape index (κ1) is 21.4. The molecular formula is C25H18N4O4S. The lowest BCUT2D eigenvalue weighted by Crippen LogP contribution is -2.29. The molecule has 9 heteroatoms. The summed E-state index contributed by atoms with van der Waals surface area (Å²) in [4.78, 5) is 29.3. The number of H-pyrrole nitrogens is 1. The van der Waals surface area contributed by atoms with Crippen LogP contribution >= 0.6 is 0 Å². The van der Waals surface area contributed by atoms with E-state index in [0.717, 1.165) is 10.5 Å². The van der Waals surface area contributed by atoms with Crippen LogP contribution in [0.1, 0.15) is 37.4 Å². The number of hydrogen-bond acceptors (Lipinski definition) is 5. The molecule has 0 atom stereocenters. The molecular weight excluding hydrogens is 452 g/mol. The summed E-state index contributed by atoms with van der Waals surface area (Å²) in [5.41, 5.74) is 3.50. The highest BCUT2D eigenvalue weighted by molar-refractivity contribution is 7.92. The summed E-state index contributed by atoms with van der Waals surface area (Å²) < 4.78 is 28.6. The lowest BCUT2D eigenvalue weighted by Gasteiger charge is -2.14. The number of fused-ring (bicyclic) bond motifs is 2. The Morgan fingerprint density at radius 3 is 2.24 bits per heavy atom. The predicted molar refractivity (Wildman–Crippen MR) is 126 cm³/mol. The smallest absolute Gasteiger partial charge is 0.261 e. The van der Waals surface area contributed by atoms with Gasteiger partial charge in [0.2, 0.25) is 0 Å². The molecule has 3 aromatic carbocycles. The molecule has 0 bridgehead atoms. The second-order valence-corrected chi connectivity index (χ2v) is 9.67. The van der Waals surface area contributed by atoms with E-state index in [1.807, 2.05) is 6.92 Å². The third-order valence-electron chi connectivity index (χ3n) is 5.86. The SMILES string of the molecule is Cc1ccc(NS(=O)(=O)c2ccc(CN3C(=O)c4ccccc4C3=O)cc2)c2[nH]cc(C#N)c12. The van der Waals surface area contributed by atoms with Crippen molar-refractivity contribution < 1.29 is 18.0 Å². The zero-order valence-corrected chi connectivity index (χ0v) is 18.8. The number of anilines is 1. The van der Waals surface area contributed by atoms with Gasteiger partial charge in [-0.25, -0.2) is 8.42 Å². The van der Waals surface area contributed by atoms with Gasteiger partial charge in [-0.05, 0) is 48.4 Å². The molecule has 1 aliphatic rings. The zero-order valence-electron chi connectivity index (χ0n) is 18.0. The van der Waals surface area contributed by atoms with Crippen molar-refractivity contribution in [3.63, 3.8) is 0 Å². The maximum Gasteiger partial charge on any atom is 0.261 e. The van der Waals surface area contributed by atoms with Gasteiger partial charge in [0, 0.05) is 11.6 Å². The van der Waals surface area contributed by atoms with Gasteiger partial charge in [-0.2, -0.15) is 5.26 Å². The second kappa shape index (κ2) is 7.86. The topological polar surface area (TPSA) is 123 Å². The maximum atomic E-state index is 13.0. The fourth-order valence-corrected chi connectivity index (χ4v) is 5.21. The highest BCUT2D eigenvalue weighted by atomic mass is 32.2. The molecule has 1 aliphatic heterocycles. The summed E-state index contributed by atoms with van der Waals surface area (Å²) >= 11 is 0. The minimum atomic E-state index is -3.92. The van der Waals surface area contributed by atoms with E-state index in [2.05, 4.69) is 15.8 Å². The Kier molecular flexibility index (Phi) is 4.96. The number of aromatic amines is 1. The van der Waals surface area contributed by atoms with Gasteiger partial charge in [0.25, 0.3) is 21.8 Å².